The predicted octanol–water partition coefficient (Wildman–Crippen LogP) is 2.54. The maximum Gasteiger partial charge on any atom is 0.257 e. The van der Waals surface area contributed by atoms with E-state index in [0.717, 1.165) is 0 Å². The molecule has 0 radical (unpaired) electrons. The van der Waals surface area contributed by atoms with E-state index in [1.165, 1.54) is 6.07 Å². The van der Waals surface area contributed by atoms with Crippen molar-refractivity contribution in [1.82, 2.24) is 5.32 Å². The van der Waals surface area contributed by atoms with Gasteiger partial charge in [-0.1, -0.05) is 6.07 Å². The van der Waals surface area contributed by atoms with Crippen LogP contribution in [0.4, 0.5) is 5.69 Å². The van der Waals surface area contributed by atoms with Crippen molar-refractivity contribution in [3.05, 3.63) is 54.1 Å². The maximum absolute atomic E-state index is 12.1. The summed E-state index contributed by atoms with van der Waals surface area (Å²) in [6.07, 6.45) is 0. The van der Waals surface area contributed by atoms with Gasteiger partial charge in [0.05, 0.1) is 6.61 Å². The molecular weight excluding hydrogens is 328 g/mol. The molecule has 6 nitrogen and oxygen atoms in total. The minimum absolute atomic E-state index is 0.109. The molecule has 0 aliphatic heterocycles. The average molecular weight is 346 g/mol. The van der Waals surface area contributed by atoms with E-state index in [4.69, 9.17) is 21.7 Å². The van der Waals surface area contributed by atoms with Crippen molar-refractivity contribution in [3.63, 3.8) is 0 Å². The molecule has 2 rings (SSSR count). The van der Waals surface area contributed by atoms with Crippen LogP contribution in [0.15, 0.2) is 48.5 Å². The van der Waals surface area contributed by atoms with Crippen LogP contribution in [0.25, 0.3) is 0 Å². The number of phenols is 1. The Labute approximate surface area is 145 Å². The Hall–Kier alpha value is -2.64. The first-order valence-corrected chi connectivity index (χ1v) is 7.62. The Balaban J connectivity index is 1.88. The molecule has 0 fully saturated rings. The molecule has 0 spiro atoms. The minimum atomic E-state index is -0.337. The molecule has 0 saturated carbocycles. The second-order valence-corrected chi connectivity index (χ2v) is 5.23. The van der Waals surface area contributed by atoms with E-state index in [1.54, 1.807) is 49.6 Å². The van der Waals surface area contributed by atoms with E-state index in [-0.39, 0.29) is 16.8 Å². The van der Waals surface area contributed by atoms with Gasteiger partial charge in [-0.2, -0.15) is 0 Å². The van der Waals surface area contributed by atoms with Crippen molar-refractivity contribution in [1.29, 1.82) is 0 Å². The number of hydrogen-bond acceptors (Lipinski definition) is 5. The number of hydrogen-bond donors (Lipinski definition) is 3. The quantitative estimate of drug-likeness (QED) is 0.551. The summed E-state index contributed by atoms with van der Waals surface area (Å²) in [6.45, 7) is 0.942. The Morgan fingerprint density at radius 2 is 1.92 bits per heavy atom. The zero-order valence-corrected chi connectivity index (χ0v) is 13.9. The van der Waals surface area contributed by atoms with Gasteiger partial charge in [0, 0.05) is 24.4 Å². The van der Waals surface area contributed by atoms with E-state index < -0.39 is 0 Å². The number of nitrogens with one attached hydrogen (secondary N) is 2. The van der Waals surface area contributed by atoms with Crippen molar-refractivity contribution < 1.29 is 19.4 Å². The number of phenolic OH excluding ortho intramolecular Hbond substituents is 1. The molecule has 0 unspecified atom stereocenters. The first kappa shape index (κ1) is 17.7. The van der Waals surface area contributed by atoms with Crippen LogP contribution in [0.2, 0.25) is 0 Å². The van der Waals surface area contributed by atoms with Gasteiger partial charge in [-0.05, 0) is 48.6 Å². The summed E-state index contributed by atoms with van der Waals surface area (Å²) in [5.41, 5.74) is 1.04. The lowest BCUT2D eigenvalue weighted by Gasteiger charge is -2.10. The lowest BCUT2D eigenvalue weighted by Crippen LogP contribution is -2.34. The summed E-state index contributed by atoms with van der Waals surface area (Å²) >= 11 is 5.09. The van der Waals surface area contributed by atoms with E-state index in [2.05, 4.69) is 10.6 Å². The fraction of sp³-hybridized carbons (Fsp3) is 0.176. The van der Waals surface area contributed by atoms with Gasteiger partial charge in [0.25, 0.3) is 5.91 Å². The van der Waals surface area contributed by atoms with E-state index >= 15 is 0 Å². The van der Waals surface area contributed by atoms with Gasteiger partial charge < -0.3 is 19.9 Å². The van der Waals surface area contributed by atoms with Crippen molar-refractivity contribution in [2.45, 2.75) is 0 Å². The summed E-state index contributed by atoms with van der Waals surface area (Å²) in [5, 5.41) is 14.9. The molecule has 3 N–H and O–H groups in total. The van der Waals surface area contributed by atoms with Crippen molar-refractivity contribution in [2.24, 2.45) is 0 Å². The van der Waals surface area contributed by atoms with Gasteiger partial charge in [0.1, 0.15) is 18.1 Å². The second-order valence-electron chi connectivity index (χ2n) is 4.82. The van der Waals surface area contributed by atoms with Gasteiger partial charge in [-0.3, -0.25) is 10.1 Å². The lowest BCUT2D eigenvalue weighted by atomic mass is 10.2. The Bertz CT molecular complexity index is 704. The maximum atomic E-state index is 12.1. The van der Waals surface area contributed by atoms with Crippen LogP contribution < -0.4 is 15.4 Å². The Morgan fingerprint density at radius 3 is 2.58 bits per heavy atom. The lowest BCUT2D eigenvalue weighted by molar-refractivity contribution is 0.0977. The van der Waals surface area contributed by atoms with Crippen LogP contribution in [0.3, 0.4) is 0 Å². The molecule has 2 aromatic rings. The normalized spacial score (nSPS) is 10.0. The first-order chi connectivity index (χ1) is 11.6. The van der Waals surface area contributed by atoms with Crippen molar-refractivity contribution in [2.75, 3.05) is 25.6 Å². The van der Waals surface area contributed by atoms with Gasteiger partial charge in [0.2, 0.25) is 0 Å². The number of methoxy groups -OCH3 is 1. The summed E-state index contributed by atoms with van der Waals surface area (Å²) in [5.74, 6) is 0.429. The molecule has 0 bridgehead atoms. The van der Waals surface area contributed by atoms with E-state index in [1.807, 2.05) is 0 Å². The van der Waals surface area contributed by atoms with Gasteiger partial charge in [-0.15, -0.1) is 0 Å². The highest BCUT2D eigenvalue weighted by Gasteiger charge is 2.08. The molecule has 0 aromatic heterocycles. The zero-order chi connectivity index (χ0) is 17.4. The third kappa shape index (κ3) is 5.53. The average Bonchev–Trinajstić information content (AvgIpc) is 2.55. The molecule has 0 aliphatic rings. The second kappa shape index (κ2) is 8.85. The van der Waals surface area contributed by atoms with Crippen LogP contribution in [0.1, 0.15) is 10.4 Å². The number of amides is 1. The molecule has 7 heteroatoms. The zero-order valence-electron chi connectivity index (χ0n) is 13.1. The summed E-state index contributed by atoms with van der Waals surface area (Å²) in [6, 6.07) is 13.2. The molecule has 1 amide bonds. The number of benzene rings is 2. The highest BCUT2D eigenvalue weighted by atomic mass is 32.1. The summed E-state index contributed by atoms with van der Waals surface area (Å²) in [7, 11) is 1.60. The van der Waals surface area contributed by atoms with E-state index in [0.29, 0.717) is 30.2 Å². The molecule has 0 atom stereocenters. The monoisotopic (exact) mass is 346 g/mol. The molecule has 2 aromatic carbocycles. The van der Waals surface area contributed by atoms with Crippen LogP contribution >= 0.6 is 12.2 Å². The first-order valence-electron chi connectivity index (χ1n) is 7.21. The number of aromatic hydroxyl groups is 1. The Kier molecular flexibility index (Phi) is 6.53. The summed E-state index contributed by atoms with van der Waals surface area (Å²) < 4.78 is 10.3. The minimum Gasteiger partial charge on any atom is -0.508 e. The highest BCUT2D eigenvalue weighted by Crippen LogP contribution is 2.15. The van der Waals surface area contributed by atoms with Gasteiger partial charge >= 0.3 is 0 Å². The molecular formula is C17H18N2O4S. The smallest absolute Gasteiger partial charge is 0.257 e. The fourth-order valence-electron chi connectivity index (χ4n) is 1.87. The molecule has 24 heavy (non-hydrogen) atoms. The van der Waals surface area contributed by atoms with Gasteiger partial charge in [0.15, 0.2) is 5.11 Å². The Morgan fingerprint density at radius 1 is 1.17 bits per heavy atom. The highest BCUT2D eigenvalue weighted by molar-refractivity contribution is 7.80. The predicted molar refractivity (Wildman–Crippen MR) is 95.6 cm³/mol. The van der Waals surface area contributed by atoms with Gasteiger partial charge in [-0.25, -0.2) is 0 Å². The number of anilines is 1. The topological polar surface area (TPSA) is 79.8 Å². The van der Waals surface area contributed by atoms with Crippen molar-refractivity contribution >= 4 is 28.9 Å². The number of rotatable bonds is 6. The van der Waals surface area contributed by atoms with Crippen LogP contribution in [-0.4, -0.2) is 36.4 Å². The van der Waals surface area contributed by atoms with E-state index in [9.17, 15) is 9.90 Å². The number of thiocarbonyl (C=S) groups is 1. The standard InChI is InChI=1S/C17H18N2O4S/c1-22-9-10-23-15-7-5-12(6-8-15)16(21)19-17(24)18-13-3-2-4-14(20)11-13/h2-8,11,20H,9-10H2,1H3,(H2,18,19,21,24). The van der Waals surface area contributed by atoms with Crippen LogP contribution in [-0.2, 0) is 4.74 Å². The third-order valence-corrected chi connectivity index (χ3v) is 3.21. The molecule has 0 saturated heterocycles. The van der Waals surface area contributed by atoms with Crippen LogP contribution in [0, 0.1) is 0 Å². The summed E-state index contributed by atoms with van der Waals surface area (Å²) in [4.78, 5) is 12.1. The van der Waals surface area contributed by atoms with Crippen molar-refractivity contribution in [3.8, 4) is 11.5 Å². The SMILES string of the molecule is COCCOc1ccc(C(=O)NC(=S)Nc2cccc(O)c2)cc1. The largest absolute Gasteiger partial charge is 0.508 e. The number of carbonyl (C=O) groups excluding carboxylic acids is 1. The molecule has 0 heterocycles. The molecule has 0 aliphatic carbocycles. The number of carbonyl (C=O) groups is 1. The fourth-order valence-corrected chi connectivity index (χ4v) is 2.08. The number of ether oxygens (including phenoxy) is 2. The third-order valence-electron chi connectivity index (χ3n) is 3.00. The van der Waals surface area contributed by atoms with Crippen LogP contribution in [0.5, 0.6) is 11.5 Å². The molecule has 126 valence electrons.